The predicted octanol–water partition coefficient (Wildman–Crippen LogP) is 2.30. The van der Waals surface area contributed by atoms with Gasteiger partial charge in [0.2, 0.25) is 0 Å². The van der Waals surface area contributed by atoms with E-state index in [0.717, 1.165) is 24.9 Å². The number of carbonyl (C=O) groups is 1. The van der Waals surface area contributed by atoms with E-state index in [4.69, 9.17) is 4.74 Å². The van der Waals surface area contributed by atoms with Gasteiger partial charge in [0.05, 0.1) is 13.2 Å². The second kappa shape index (κ2) is 4.20. The number of rotatable bonds is 2. The van der Waals surface area contributed by atoms with Gasteiger partial charge in [-0.05, 0) is 17.6 Å². The molecule has 0 N–H and O–H groups in total. The van der Waals surface area contributed by atoms with Crippen LogP contribution in [0.15, 0.2) is 30.3 Å². The second-order valence-electron chi connectivity index (χ2n) is 3.29. The van der Waals surface area contributed by atoms with Crippen LogP contribution in [0.1, 0.15) is 22.3 Å². The fourth-order valence-electron chi connectivity index (χ4n) is 1.56. The first kappa shape index (κ1) is 9.16. The van der Waals surface area contributed by atoms with Crippen LogP contribution >= 0.6 is 0 Å². The van der Waals surface area contributed by atoms with Crippen molar-refractivity contribution in [3.8, 4) is 0 Å². The maximum absolute atomic E-state index is 10.5. The summed E-state index contributed by atoms with van der Waals surface area (Å²) in [4.78, 5) is 10.5. The van der Waals surface area contributed by atoms with Crippen molar-refractivity contribution in [2.45, 2.75) is 6.42 Å². The molecule has 0 atom stereocenters. The molecule has 2 heteroatoms. The highest BCUT2D eigenvalue weighted by atomic mass is 16.5. The van der Waals surface area contributed by atoms with E-state index in [2.05, 4.69) is 6.08 Å². The Kier molecular flexibility index (Phi) is 2.75. The average Bonchev–Trinajstić information content (AvgIpc) is 2.30. The van der Waals surface area contributed by atoms with Gasteiger partial charge < -0.3 is 4.74 Å². The van der Waals surface area contributed by atoms with E-state index in [1.54, 1.807) is 0 Å². The van der Waals surface area contributed by atoms with E-state index >= 15 is 0 Å². The Morgan fingerprint density at radius 2 is 2.00 bits per heavy atom. The molecule has 2 nitrogen and oxygen atoms in total. The van der Waals surface area contributed by atoms with Gasteiger partial charge in [0.15, 0.2) is 0 Å². The number of hydrogen-bond acceptors (Lipinski definition) is 2. The number of ether oxygens (including phenoxy) is 1. The maximum atomic E-state index is 10.5. The van der Waals surface area contributed by atoms with Gasteiger partial charge >= 0.3 is 0 Å². The lowest BCUT2D eigenvalue weighted by Gasteiger charge is -2.13. The molecular weight excluding hydrogens is 176 g/mol. The molecule has 0 amide bonds. The maximum Gasteiger partial charge on any atom is 0.150 e. The summed E-state index contributed by atoms with van der Waals surface area (Å²) in [6.07, 6.45) is 3.92. The van der Waals surface area contributed by atoms with Crippen molar-refractivity contribution in [2.75, 3.05) is 13.2 Å². The van der Waals surface area contributed by atoms with Crippen LogP contribution < -0.4 is 0 Å². The zero-order valence-corrected chi connectivity index (χ0v) is 7.90. The lowest BCUT2D eigenvalue weighted by Crippen LogP contribution is -2.03. The van der Waals surface area contributed by atoms with Gasteiger partial charge in [0.25, 0.3) is 0 Å². The molecule has 0 bridgehead atoms. The van der Waals surface area contributed by atoms with Crippen LogP contribution in [0.4, 0.5) is 0 Å². The van der Waals surface area contributed by atoms with Gasteiger partial charge in [-0.3, -0.25) is 4.79 Å². The van der Waals surface area contributed by atoms with Crippen LogP contribution in [0.3, 0.4) is 0 Å². The Morgan fingerprint density at radius 3 is 2.57 bits per heavy atom. The van der Waals surface area contributed by atoms with Gasteiger partial charge in [-0.25, -0.2) is 0 Å². The molecule has 1 aromatic rings. The second-order valence-corrected chi connectivity index (χ2v) is 3.29. The van der Waals surface area contributed by atoms with E-state index in [1.807, 2.05) is 24.3 Å². The van der Waals surface area contributed by atoms with E-state index in [1.165, 1.54) is 11.1 Å². The van der Waals surface area contributed by atoms with Crippen molar-refractivity contribution in [1.29, 1.82) is 0 Å². The lowest BCUT2D eigenvalue weighted by atomic mass is 10.0. The van der Waals surface area contributed by atoms with E-state index in [0.29, 0.717) is 6.61 Å². The van der Waals surface area contributed by atoms with E-state index in [-0.39, 0.29) is 0 Å². The van der Waals surface area contributed by atoms with Gasteiger partial charge in [-0.1, -0.05) is 30.3 Å². The molecule has 72 valence electrons. The smallest absolute Gasteiger partial charge is 0.150 e. The van der Waals surface area contributed by atoms with Crippen molar-refractivity contribution in [3.05, 3.63) is 41.5 Å². The molecule has 1 aromatic carbocycles. The van der Waals surface area contributed by atoms with Crippen LogP contribution in [-0.4, -0.2) is 19.5 Å². The van der Waals surface area contributed by atoms with Crippen molar-refractivity contribution >= 4 is 11.9 Å². The van der Waals surface area contributed by atoms with Crippen LogP contribution in [-0.2, 0) is 4.74 Å². The first-order valence-electron chi connectivity index (χ1n) is 4.72. The third-order valence-corrected chi connectivity index (χ3v) is 2.38. The summed E-state index contributed by atoms with van der Waals surface area (Å²) in [5.41, 5.74) is 3.23. The molecule has 0 fully saturated rings. The van der Waals surface area contributed by atoms with Gasteiger partial charge in [-0.2, -0.15) is 0 Å². The minimum Gasteiger partial charge on any atom is -0.377 e. The molecular formula is C12H12O2. The normalized spacial score (nSPS) is 16.1. The summed E-state index contributed by atoms with van der Waals surface area (Å²) < 4.78 is 5.23. The highest BCUT2D eigenvalue weighted by Crippen LogP contribution is 2.20. The van der Waals surface area contributed by atoms with Crippen molar-refractivity contribution < 1.29 is 9.53 Å². The molecule has 0 spiro atoms. The van der Waals surface area contributed by atoms with Crippen LogP contribution in [0.5, 0.6) is 0 Å². The van der Waals surface area contributed by atoms with Crippen LogP contribution in [0, 0.1) is 0 Å². The molecule has 0 aliphatic carbocycles. The number of benzene rings is 1. The lowest BCUT2D eigenvalue weighted by molar-refractivity contribution is 0.112. The SMILES string of the molecule is O=Cc1ccc(C2=CCOCC2)cc1. The van der Waals surface area contributed by atoms with Crippen molar-refractivity contribution in [1.82, 2.24) is 0 Å². The third-order valence-electron chi connectivity index (χ3n) is 2.38. The quantitative estimate of drug-likeness (QED) is 0.666. The van der Waals surface area contributed by atoms with Crippen LogP contribution in [0.25, 0.3) is 5.57 Å². The first-order chi connectivity index (χ1) is 6.90. The Morgan fingerprint density at radius 1 is 1.21 bits per heavy atom. The van der Waals surface area contributed by atoms with Gasteiger partial charge in [0.1, 0.15) is 6.29 Å². The van der Waals surface area contributed by atoms with Crippen molar-refractivity contribution in [2.24, 2.45) is 0 Å². The molecule has 0 radical (unpaired) electrons. The molecule has 1 aliphatic heterocycles. The standard InChI is InChI=1S/C12H12O2/c13-9-10-1-3-11(4-2-10)12-5-7-14-8-6-12/h1-5,9H,6-8H2. The molecule has 2 rings (SSSR count). The summed E-state index contributed by atoms with van der Waals surface area (Å²) in [5, 5.41) is 0. The minimum absolute atomic E-state index is 0.699. The molecule has 0 saturated heterocycles. The summed E-state index contributed by atoms with van der Waals surface area (Å²) >= 11 is 0. The Bertz CT molecular complexity index is 349. The fraction of sp³-hybridized carbons (Fsp3) is 0.250. The van der Waals surface area contributed by atoms with E-state index in [9.17, 15) is 4.79 Å². The summed E-state index contributed by atoms with van der Waals surface area (Å²) in [6, 6.07) is 7.67. The highest BCUT2D eigenvalue weighted by Gasteiger charge is 2.05. The summed E-state index contributed by atoms with van der Waals surface area (Å²) in [5.74, 6) is 0. The van der Waals surface area contributed by atoms with Gasteiger partial charge in [-0.15, -0.1) is 0 Å². The first-order valence-corrected chi connectivity index (χ1v) is 4.72. The molecule has 1 aliphatic rings. The van der Waals surface area contributed by atoms with E-state index < -0.39 is 0 Å². The topological polar surface area (TPSA) is 26.3 Å². The number of carbonyl (C=O) groups excluding carboxylic acids is 1. The zero-order chi connectivity index (χ0) is 9.80. The molecule has 14 heavy (non-hydrogen) atoms. The Hall–Kier alpha value is -1.41. The molecule has 0 aromatic heterocycles. The minimum atomic E-state index is 0.699. The summed E-state index contributed by atoms with van der Waals surface area (Å²) in [7, 11) is 0. The van der Waals surface area contributed by atoms with Crippen molar-refractivity contribution in [3.63, 3.8) is 0 Å². The fourth-order valence-corrected chi connectivity index (χ4v) is 1.56. The largest absolute Gasteiger partial charge is 0.377 e. The predicted molar refractivity (Wildman–Crippen MR) is 55.2 cm³/mol. The third kappa shape index (κ3) is 1.91. The number of aldehydes is 1. The average molecular weight is 188 g/mol. The summed E-state index contributed by atoms with van der Waals surface area (Å²) in [6.45, 7) is 1.49. The molecule has 1 heterocycles. The number of hydrogen-bond donors (Lipinski definition) is 0. The molecule has 0 unspecified atom stereocenters. The monoisotopic (exact) mass is 188 g/mol. The Labute approximate surface area is 83.2 Å². The zero-order valence-electron chi connectivity index (χ0n) is 7.90. The molecule has 0 saturated carbocycles. The van der Waals surface area contributed by atoms with Crippen LogP contribution in [0.2, 0.25) is 0 Å². The highest BCUT2D eigenvalue weighted by molar-refractivity contribution is 5.76. The van der Waals surface area contributed by atoms with Gasteiger partial charge in [0, 0.05) is 5.56 Å². The Balaban J connectivity index is 2.23.